The van der Waals surface area contributed by atoms with E-state index in [2.05, 4.69) is 0 Å². The third-order valence-electron chi connectivity index (χ3n) is 0. The zero-order valence-electron chi connectivity index (χ0n) is 2.34. The Balaban J connectivity index is 0. The van der Waals surface area contributed by atoms with Crippen LogP contribution in [0.1, 0.15) is 0 Å². The largest absolute Gasteiger partial charge is 0 e. The molecule has 0 amide bonds. The zero-order chi connectivity index (χ0) is 4.50. The third-order valence-corrected chi connectivity index (χ3v) is 0. The van der Waals surface area contributed by atoms with Gasteiger partial charge < -0.3 is 0 Å². The minimum absolute atomic E-state index is 0. The van der Waals surface area contributed by atoms with Gasteiger partial charge in [0.15, 0.2) is 0 Å². The van der Waals surface area contributed by atoms with Crippen molar-refractivity contribution in [3.8, 4) is 0 Å². The van der Waals surface area contributed by atoms with Crippen LogP contribution in [0.5, 0.6) is 0 Å². The van der Waals surface area contributed by atoms with Gasteiger partial charge in [-0.2, -0.15) is 0 Å². The van der Waals surface area contributed by atoms with Gasteiger partial charge in [-0.25, -0.2) is 0 Å². The van der Waals surface area contributed by atoms with Crippen molar-refractivity contribution in [2.45, 2.75) is 5.07 Å². The van der Waals surface area contributed by atoms with E-state index in [1.165, 1.54) is 0 Å². The van der Waals surface area contributed by atoms with Crippen LogP contribution >= 0.6 is 0 Å². The molecule has 6 heavy (non-hydrogen) atoms. The summed E-state index contributed by atoms with van der Waals surface area (Å²) in [6, 6.07) is 0. The number of alkyl halides is 3. The molecule has 0 heterocycles. The van der Waals surface area contributed by atoms with Crippen molar-refractivity contribution in [2.24, 2.45) is 0 Å². The molecule has 0 aliphatic rings. The van der Waals surface area contributed by atoms with Crippen LogP contribution in [0.3, 0.4) is 0 Å². The van der Waals surface area contributed by atoms with E-state index < -0.39 is 5.07 Å². The summed E-state index contributed by atoms with van der Waals surface area (Å²) in [7, 11) is 0. The minimum atomic E-state index is -4.12. The van der Waals surface area contributed by atoms with Crippen molar-refractivity contribution < 1.29 is 30.2 Å². The predicted molar refractivity (Wildman–Crippen MR) is 11.8 cm³/mol. The van der Waals surface area contributed by atoms with Gasteiger partial charge in [0, 0.05) is 17.1 Å². The molecule has 0 N–H and O–H groups in total. The minimum Gasteiger partial charge on any atom is 0 e. The van der Waals surface area contributed by atoms with E-state index in [1.807, 2.05) is 0 Å². The SMILES string of the molecule is FC(F)(F)[Se].[Cu]. The second kappa shape index (κ2) is 2.91. The smallest absolute Gasteiger partial charge is 0 e. The number of rotatable bonds is 0. The molecule has 0 bridgehead atoms. The summed E-state index contributed by atoms with van der Waals surface area (Å²) in [6.07, 6.45) is 0. The van der Waals surface area contributed by atoms with Gasteiger partial charge in [-0.1, -0.05) is 0 Å². The van der Waals surface area contributed by atoms with Crippen LogP contribution in [0, 0.1) is 0 Å². The summed E-state index contributed by atoms with van der Waals surface area (Å²) < 4.78 is 30.9. The van der Waals surface area contributed by atoms with Crippen LogP contribution in [0.15, 0.2) is 0 Å². The Hall–Kier alpha value is 0.829. The average Bonchev–Trinajstić information content (AvgIpc) is 0.722. The van der Waals surface area contributed by atoms with E-state index in [1.54, 1.807) is 0 Å². The van der Waals surface area contributed by atoms with Crippen molar-refractivity contribution in [2.75, 3.05) is 0 Å². The standard InChI is InChI=1S/CF3Se.Cu/c2-1(3,4)5;. The Labute approximate surface area is 51.8 Å². The van der Waals surface area contributed by atoms with Crippen LogP contribution < -0.4 is 0 Å². The molecule has 0 rings (SSSR count). The van der Waals surface area contributed by atoms with Crippen LogP contribution in [0.2, 0.25) is 0 Å². The molecular weight excluding hydrogens is 212 g/mol. The first-order chi connectivity index (χ1) is 2.00. The molecule has 0 aromatic heterocycles. The molecule has 0 saturated carbocycles. The first-order valence-electron chi connectivity index (χ1n) is 0.771. The molecule has 0 aromatic rings. The normalized spacial score (nSPS) is 10.0. The summed E-state index contributed by atoms with van der Waals surface area (Å²) in [5.74, 6) is 0. The first-order valence-corrected chi connectivity index (χ1v) is 1.63. The summed E-state index contributed by atoms with van der Waals surface area (Å²) >= 11 is 0.979. The second-order valence-electron chi connectivity index (χ2n) is 0.446. The molecule has 0 aliphatic heterocycles. The molecule has 0 fully saturated rings. The molecule has 42 valence electrons. The van der Waals surface area contributed by atoms with Gasteiger partial charge in [0.25, 0.3) is 0 Å². The van der Waals surface area contributed by atoms with E-state index in [0.29, 0.717) is 0 Å². The Bertz CT molecular complexity index is 26.3. The average molecular weight is 212 g/mol. The summed E-state index contributed by atoms with van der Waals surface area (Å²) in [5.41, 5.74) is 0. The van der Waals surface area contributed by atoms with Crippen molar-refractivity contribution in [1.29, 1.82) is 0 Å². The van der Waals surface area contributed by atoms with Crippen molar-refractivity contribution in [1.82, 2.24) is 0 Å². The molecule has 2 radical (unpaired) electrons. The Morgan fingerprint density at radius 3 is 1.17 bits per heavy atom. The Morgan fingerprint density at radius 1 is 1.17 bits per heavy atom. The van der Waals surface area contributed by atoms with Gasteiger partial charge in [-0.15, -0.1) is 0 Å². The molecule has 0 aliphatic carbocycles. The molecule has 0 aromatic carbocycles. The van der Waals surface area contributed by atoms with E-state index >= 15 is 0 Å². The quantitative estimate of drug-likeness (QED) is 0.517. The van der Waals surface area contributed by atoms with E-state index in [0.717, 1.165) is 16.0 Å². The monoisotopic (exact) mass is 212 g/mol. The van der Waals surface area contributed by atoms with Crippen LogP contribution in [-0.2, 0) is 17.1 Å². The molecular formula is CCuF3Se. The first kappa shape index (κ1) is 9.95. The number of hydrogen-bond acceptors (Lipinski definition) is 0. The van der Waals surface area contributed by atoms with E-state index in [9.17, 15) is 13.2 Å². The van der Waals surface area contributed by atoms with Gasteiger partial charge in [0.05, 0.1) is 0 Å². The van der Waals surface area contributed by atoms with E-state index in [-0.39, 0.29) is 17.1 Å². The number of halogens is 3. The molecule has 0 spiro atoms. The van der Waals surface area contributed by atoms with Crippen molar-refractivity contribution in [3.63, 3.8) is 0 Å². The Kier molecular flexibility index (Phi) is 4.83. The third kappa shape index (κ3) is 103. The van der Waals surface area contributed by atoms with Gasteiger partial charge in [-0.05, 0) is 0 Å². The van der Waals surface area contributed by atoms with Crippen molar-refractivity contribution in [3.05, 3.63) is 0 Å². The van der Waals surface area contributed by atoms with Gasteiger partial charge >= 0.3 is 34.3 Å². The molecule has 0 unspecified atom stereocenters. The van der Waals surface area contributed by atoms with Crippen LogP contribution in [0.25, 0.3) is 0 Å². The fourth-order valence-corrected chi connectivity index (χ4v) is 0. The zero-order valence-corrected chi connectivity index (χ0v) is 5.00. The van der Waals surface area contributed by atoms with E-state index in [4.69, 9.17) is 0 Å². The van der Waals surface area contributed by atoms with Gasteiger partial charge in [0.1, 0.15) is 0 Å². The topological polar surface area (TPSA) is 0 Å². The fraction of sp³-hybridized carbons (Fsp3) is 1.00. The maximum absolute atomic E-state index is 10.3. The molecule has 0 saturated heterocycles. The second-order valence-corrected chi connectivity index (χ2v) is 1.42. The van der Waals surface area contributed by atoms with Crippen molar-refractivity contribution >= 4 is 16.0 Å². The Morgan fingerprint density at radius 2 is 1.17 bits per heavy atom. The predicted octanol–water partition coefficient (Wildman–Crippen LogP) is 0.672. The fourth-order valence-electron chi connectivity index (χ4n) is 0. The van der Waals surface area contributed by atoms with Crippen LogP contribution in [0.4, 0.5) is 13.2 Å². The van der Waals surface area contributed by atoms with Crippen LogP contribution in [-0.4, -0.2) is 21.1 Å². The maximum Gasteiger partial charge on any atom is 0 e. The molecule has 0 atom stereocenters. The maximum atomic E-state index is 10.3. The summed E-state index contributed by atoms with van der Waals surface area (Å²) in [4.78, 5) is 0. The summed E-state index contributed by atoms with van der Waals surface area (Å²) in [5, 5.41) is -4.12. The summed E-state index contributed by atoms with van der Waals surface area (Å²) in [6.45, 7) is 0. The number of hydrogen-bond donors (Lipinski definition) is 0. The van der Waals surface area contributed by atoms with Gasteiger partial charge in [-0.3, -0.25) is 0 Å². The molecule has 0 nitrogen and oxygen atoms in total. The van der Waals surface area contributed by atoms with Gasteiger partial charge in [0.2, 0.25) is 0 Å². The molecule has 5 heteroatoms.